The number of carboxylic acids is 2. The molecule has 0 bridgehead atoms. The van der Waals surface area contributed by atoms with Crippen molar-refractivity contribution in [3.8, 4) is 0 Å². The van der Waals surface area contributed by atoms with Crippen molar-refractivity contribution >= 4 is 23.8 Å². The summed E-state index contributed by atoms with van der Waals surface area (Å²) < 4.78 is 0. The lowest BCUT2D eigenvalue weighted by molar-refractivity contribution is -0.140. The van der Waals surface area contributed by atoms with Gasteiger partial charge in [-0.3, -0.25) is 19.2 Å². The normalized spacial score (nSPS) is 10.8. The molecule has 0 fully saturated rings. The van der Waals surface area contributed by atoms with Crippen molar-refractivity contribution in [2.24, 2.45) is 5.41 Å². The van der Waals surface area contributed by atoms with E-state index in [0.717, 1.165) is 10.5 Å². The molecule has 0 heterocycles. The van der Waals surface area contributed by atoms with Crippen LogP contribution in [0.3, 0.4) is 0 Å². The van der Waals surface area contributed by atoms with E-state index in [4.69, 9.17) is 10.2 Å². The number of rotatable bonds is 7. The van der Waals surface area contributed by atoms with Crippen molar-refractivity contribution < 1.29 is 29.4 Å². The number of nitrogens with zero attached hydrogens (tertiary/aromatic N) is 1. The molecule has 0 unspecified atom stereocenters. The highest BCUT2D eigenvalue weighted by Crippen LogP contribution is 2.13. The highest BCUT2D eigenvalue weighted by atomic mass is 16.4. The fourth-order valence-electron chi connectivity index (χ4n) is 1.92. The van der Waals surface area contributed by atoms with Gasteiger partial charge in [0.1, 0.15) is 13.1 Å². The van der Waals surface area contributed by atoms with E-state index in [-0.39, 0.29) is 11.5 Å². The number of carboxylic acid groups (broad SMARTS) is 2. The minimum absolute atomic E-state index is 0.109. The Morgan fingerprint density at radius 1 is 0.960 bits per heavy atom. The van der Waals surface area contributed by atoms with Crippen molar-refractivity contribution in [3.05, 3.63) is 35.4 Å². The van der Waals surface area contributed by atoms with E-state index in [0.29, 0.717) is 6.54 Å². The van der Waals surface area contributed by atoms with Gasteiger partial charge in [0.15, 0.2) is 0 Å². The van der Waals surface area contributed by atoms with E-state index in [1.165, 1.54) is 12.1 Å². The first-order chi connectivity index (χ1) is 11.5. The van der Waals surface area contributed by atoms with Crippen LogP contribution in [0.4, 0.5) is 0 Å². The number of amides is 2. The molecule has 0 aromatic heterocycles. The minimum Gasteiger partial charge on any atom is -0.480 e. The molecule has 2 amide bonds. The standard InChI is InChI=1S/C17H22N2O6/c1-17(2,3)16(25)18-8-11-4-6-12(7-5-11)15(24)19(9-13(20)21)10-14(22)23/h4-7H,8-10H2,1-3H3,(H,18,25)(H,20,21)(H,22,23). The molecular formula is C17H22N2O6. The van der Waals surface area contributed by atoms with Crippen molar-refractivity contribution in [3.63, 3.8) is 0 Å². The fourth-order valence-corrected chi connectivity index (χ4v) is 1.92. The predicted octanol–water partition coefficient (Wildman–Crippen LogP) is 0.960. The number of nitrogens with one attached hydrogen (secondary N) is 1. The SMILES string of the molecule is CC(C)(C)C(=O)NCc1ccc(C(=O)N(CC(=O)O)CC(=O)O)cc1. The van der Waals surface area contributed by atoms with Crippen LogP contribution in [0.15, 0.2) is 24.3 Å². The molecule has 0 aliphatic rings. The van der Waals surface area contributed by atoms with Crippen molar-refractivity contribution in [2.75, 3.05) is 13.1 Å². The largest absolute Gasteiger partial charge is 0.480 e. The Labute approximate surface area is 145 Å². The topological polar surface area (TPSA) is 124 Å². The van der Waals surface area contributed by atoms with Gasteiger partial charge in [0, 0.05) is 17.5 Å². The quantitative estimate of drug-likeness (QED) is 0.673. The molecule has 0 saturated heterocycles. The Kier molecular flexibility index (Phi) is 6.67. The second kappa shape index (κ2) is 8.27. The molecule has 1 rings (SSSR count). The van der Waals surface area contributed by atoms with Crippen LogP contribution < -0.4 is 5.32 Å². The van der Waals surface area contributed by atoms with E-state index < -0.39 is 36.4 Å². The zero-order chi connectivity index (χ0) is 19.2. The lowest BCUT2D eigenvalue weighted by Gasteiger charge is -2.19. The Bertz CT molecular complexity index is 645. The van der Waals surface area contributed by atoms with Gasteiger partial charge in [-0.1, -0.05) is 32.9 Å². The fraction of sp³-hybridized carbons (Fsp3) is 0.412. The highest BCUT2D eigenvalue weighted by Gasteiger charge is 2.22. The van der Waals surface area contributed by atoms with Gasteiger partial charge in [-0.2, -0.15) is 0 Å². The number of hydrogen-bond acceptors (Lipinski definition) is 4. The number of carbonyl (C=O) groups excluding carboxylic acids is 2. The average molecular weight is 350 g/mol. The Balaban J connectivity index is 2.79. The number of carbonyl (C=O) groups is 4. The molecule has 0 atom stereocenters. The van der Waals surface area contributed by atoms with Crippen LogP contribution in [0.2, 0.25) is 0 Å². The molecule has 0 aliphatic heterocycles. The van der Waals surface area contributed by atoms with E-state index in [2.05, 4.69) is 5.32 Å². The summed E-state index contributed by atoms with van der Waals surface area (Å²) in [4.78, 5) is 46.4. The maximum absolute atomic E-state index is 12.3. The Hall–Kier alpha value is -2.90. The summed E-state index contributed by atoms with van der Waals surface area (Å²) in [6, 6.07) is 6.18. The monoisotopic (exact) mass is 350 g/mol. The van der Waals surface area contributed by atoms with Gasteiger partial charge in [-0.15, -0.1) is 0 Å². The first-order valence-corrected chi connectivity index (χ1v) is 7.61. The molecule has 3 N–H and O–H groups in total. The van der Waals surface area contributed by atoms with Crippen LogP contribution in [0, 0.1) is 5.41 Å². The van der Waals surface area contributed by atoms with Crippen molar-refractivity contribution in [1.29, 1.82) is 0 Å². The molecule has 1 aromatic carbocycles. The maximum Gasteiger partial charge on any atom is 0.323 e. The van der Waals surface area contributed by atoms with Gasteiger partial charge in [0.05, 0.1) is 0 Å². The summed E-state index contributed by atoms with van der Waals surface area (Å²) in [7, 11) is 0. The van der Waals surface area contributed by atoms with E-state index in [1.54, 1.807) is 32.9 Å². The minimum atomic E-state index is -1.30. The second-order valence-corrected chi connectivity index (χ2v) is 6.58. The van der Waals surface area contributed by atoms with Crippen LogP contribution >= 0.6 is 0 Å². The lowest BCUT2D eigenvalue weighted by Crippen LogP contribution is -2.39. The predicted molar refractivity (Wildman–Crippen MR) is 88.9 cm³/mol. The van der Waals surface area contributed by atoms with E-state index in [9.17, 15) is 19.2 Å². The number of aliphatic carboxylic acids is 2. The third kappa shape index (κ3) is 6.62. The summed E-state index contributed by atoms with van der Waals surface area (Å²) >= 11 is 0. The van der Waals surface area contributed by atoms with Crippen LogP contribution in [0.25, 0.3) is 0 Å². The van der Waals surface area contributed by atoms with E-state index >= 15 is 0 Å². The van der Waals surface area contributed by atoms with Crippen LogP contribution in [0.1, 0.15) is 36.7 Å². The van der Waals surface area contributed by atoms with Gasteiger partial charge in [0.25, 0.3) is 5.91 Å². The maximum atomic E-state index is 12.3. The summed E-state index contributed by atoms with van der Waals surface area (Å²) in [5.41, 5.74) is 0.426. The van der Waals surface area contributed by atoms with Gasteiger partial charge in [-0.25, -0.2) is 0 Å². The molecule has 136 valence electrons. The second-order valence-electron chi connectivity index (χ2n) is 6.58. The van der Waals surface area contributed by atoms with Crippen LogP contribution in [-0.4, -0.2) is 52.0 Å². The van der Waals surface area contributed by atoms with E-state index in [1.807, 2.05) is 0 Å². The molecule has 0 saturated carbocycles. The molecule has 8 heteroatoms. The first-order valence-electron chi connectivity index (χ1n) is 7.61. The summed E-state index contributed by atoms with van der Waals surface area (Å²) in [5, 5.41) is 20.4. The van der Waals surface area contributed by atoms with Crippen molar-refractivity contribution in [2.45, 2.75) is 27.3 Å². The van der Waals surface area contributed by atoms with Gasteiger partial charge < -0.3 is 20.4 Å². The molecule has 0 spiro atoms. The van der Waals surface area contributed by atoms with Gasteiger partial charge >= 0.3 is 11.9 Å². The molecule has 1 aromatic rings. The zero-order valence-corrected chi connectivity index (χ0v) is 14.4. The molecule has 25 heavy (non-hydrogen) atoms. The molecule has 0 radical (unpaired) electrons. The lowest BCUT2D eigenvalue weighted by atomic mass is 9.95. The highest BCUT2D eigenvalue weighted by molar-refractivity contribution is 5.97. The Morgan fingerprint density at radius 2 is 1.44 bits per heavy atom. The third-order valence-corrected chi connectivity index (χ3v) is 3.27. The zero-order valence-electron chi connectivity index (χ0n) is 14.4. The van der Waals surface area contributed by atoms with Gasteiger partial charge in [-0.05, 0) is 17.7 Å². The number of benzene rings is 1. The molecule has 0 aliphatic carbocycles. The summed E-state index contributed by atoms with van der Waals surface area (Å²) in [6.07, 6.45) is 0. The molecule has 8 nitrogen and oxygen atoms in total. The third-order valence-electron chi connectivity index (χ3n) is 3.27. The summed E-state index contributed by atoms with van der Waals surface area (Å²) in [5.74, 6) is -3.39. The van der Waals surface area contributed by atoms with Crippen LogP contribution in [0.5, 0.6) is 0 Å². The average Bonchev–Trinajstić information content (AvgIpc) is 2.50. The molecular weight excluding hydrogens is 328 g/mol. The summed E-state index contributed by atoms with van der Waals surface area (Å²) in [6.45, 7) is 4.28. The smallest absolute Gasteiger partial charge is 0.323 e. The van der Waals surface area contributed by atoms with Crippen molar-refractivity contribution in [1.82, 2.24) is 10.2 Å². The first kappa shape index (κ1) is 20.1. The van der Waals surface area contributed by atoms with Crippen LogP contribution in [-0.2, 0) is 20.9 Å². The number of hydrogen-bond donors (Lipinski definition) is 3. The van der Waals surface area contributed by atoms with Gasteiger partial charge in [0.2, 0.25) is 5.91 Å². The Morgan fingerprint density at radius 3 is 1.84 bits per heavy atom.